The van der Waals surface area contributed by atoms with Crippen molar-refractivity contribution in [3.63, 3.8) is 0 Å². The molecule has 2 aliphatic heterocycles. The van der Waals surface area contributed by atoms with Gasteiger partial charge in [0.25, 0.3) is 5.91 Å². The molecule has 4 rings (SSSR count). The number of fused-ring (bicyclic) bond motifs is 1. The predicted octanol–water partition coefficient (Wildman–Crippen LogP) is 2.18. The Kier molecular flexibility index (Phi) is 4.00. The van der Waals surface area contributed by atoms with Gasteiger partial charge in [-0.2, -0.15) is 0 Å². The highest BCUT2D eigenvalue weighted by Crippen LogP contribution is 2.27. The lowest BCUT2D eigenvalue weighted by molar-refractivity contribution is -0.113. The standard InChI is InChI=1S/C19H17N5O/c25-19(22-16-6-1-3-9-21-16)18-15-5-2-4-12-24(15)17(23-18)13-14-7-10-20-11-8-14/h1-12,17,23H,13H2,(H,21,22,25). The second kappa shape index (κ2) is 6.60. The average Bonchev–Trinajstić information content (AvgIpc) is 3.02. The summed E-state index contributed by atoms with van der Waals surface area (Å²) < 4.78 is 0. The van der Waals surface area contributed by atoms with E-state index in [1.807, 2.05) is 48.7 Å². The molecule has 0 spiro atoms. The molecule has 124 valence electrons. The molecule has 2 aromatic heterocycles. The van der Waals surface area contributed by atoms with Crippen LogP contribution in [0.4, 0.5) is 5.82 Å². The molecule has 1 atom stereocenters. The van der Waals surface area contributed by atoms with Gasteiger partial charge in [0.2, 0.25) is 0 Å². The Morgan fingerprint density at radius 1 is 1.16 bits per heavy atom. The highest BCUT2D eigenvalue weighted by Gasteiger charge is 2.33. The monoisotopic (exact) mass is 331 g/mol. The molecule has 2 aromatic rings. The van der Waals surface area contributed by atoms with Gasteiger partial charge in [0.15, 0.2) is 0 Å². The van der Waals surface area contributed by atoms with E-state index < -0.39 is 0 Å². The summed E-state index contributed by atoms with van der Waals surface area (Å²) in [6.07, 6.45) is 13.7. The van der Waals surface area contributed by atoms with E-state index in [9.17, 15) is 4.79 Å². The molecule has 4 heterocycles. The first-order chi connectivity index (χ1) is 12.3. The van der Waals surface area contributed by atoms with Gasteiger partial charge in [-0.1, -0.05) is 12.1 Å². The summed E-state index contributed by atoms with van der Waals surface area (Å²) in [5, 5.41) is 6.18. The number of carbonyl (C=O) groups is 1. The molecule has 6 heteroatoms. The van der Waals surface area contributed by atoms with Gasteiger partial charge in [-0.15, -0.1) is 0 Å². The largest absolute Gasteiger partial charge is 0.358 e. The molecule has 6 nitrogen and oxygen atoms in total. The van der Waals surface area contributed by atoms with Gasteiger partial charge in [-0.25, -0.2) is 4.98 Å². The fourth-order valence-corrected chi connectivity index (χ4v) is 2.94. The molecule has 0 aromatic carbocycles. The van der Waals surface area contributed by atoms with Crippen molar-refractivity contribution in [2.75, 3.05) is 5.32 Å². The van der Waals surface area contributed by atoms with E-state index in [4.69, 9.17) is 0 Å². The minimum Gasteiger partial charge on any atom is -0.358 e. The van der Waals surface area contributed by atoms with E-state index in [0.29, 0.717) is 11.5 Å². The van der Waals surface area contributed by atoms with Crippen LogP contribution in [0.5, 0.6) is 0 Å². The molecule has 0 fully saturated rings. The quantitative estimate of drug-likeness (QED) is 0.899. The summed E-state index contributed by atoms with van der Waals surface area (Å²) in [7, 11) is 0. The van der Waals surface area contributed by atoms with Crippen LogP contribution in [0.3, 0.4) is 0 Å². The smallest absolute Gasteiger partial charge is 0.275 e. The lowest BCUT2D eigenvalue weighted by atomic mass is 10.1. The van der Waals surface area contributed by atoms with Gasteiger partial charge in [0, 0.05) is 31.2 Å². The Balaban J connectivity index is 1.56. The van der Waals surface area contributed by atoms with Crippen molar-refractivity contribution in [3.05, 3.63) is 90.3 Å². The van der Waals surface area contributed by atoms with Gasteiger partial charge in [0.1, 0.15) is 17.7 Å². The van der Waals surface area contributed by atoms with Gasteiger partial charge < -0.3 is 15.5 Å². The van der Waals surface area contributed by atoms with Crippen LogP contribution >= 0.6 is 0 Å². The van der Waals surface area contributed by atoms with Crippen LogP contribution in [-0.2, 0) is 11.2 Å². The maximum atomic E-state index is 12.7. The summed E-state index contributed by atoms with van der Waals surface area (Å²) >= 11 is 0. The Morgan fingerprint density at radius 3 is 2.84 bits per heavy atom. The van der Waals surface area contributed by atoms with Crippen molar-refractivity contribution in [1.82, 2.24) is 20.2 Å². The summed E-state index contributed by atoms with van der Waals surface area (Å²) in [6, 6.07) is 9.38. The second-order valence-electron chi connectivity index (χ2n) is 5.76. The van der Waals surface area contributed by atoms with Crippen LogP contribution in [0.15, 0.2) is 84.7 Å². The topological polar surface area (TPSA) is 70.2 Å². The van der Waals surface area contributed by atoms with Crippen molar-refractivity contribution in [2.24, 2.45) is 0 Å². The van der Waals surface area contributed by atoms with E-state index in [0.717, 1.165) is 17.7 Å². The van der Waals surface area contributed by atoms with Crippen LogP contribution in [-0.4, -0.2) is 26.9 Å². The maximum Gasteiger partial charge on any atom is 0.275 e. The molecule has 0 radical (unpaired) electrons. The molecule has 2 N–H and O–H groups in total. The maximum absolute atomic E-state index is 12.7. The van der Waals surface area contributed by atoms with Crippen molar-refractivity contribution in [3.8, 4) is 0 Å². The first-order valence-corrected chi connectivity index (χ1v) is 8.06. The zero-order valence-corrected chi connectivity index (χ0v) is 13.5. The molecule has 1 amide bonds. The summed E-state index contributed by atoms with van der Waals surface area (Å²) in [4.78, 5) is 23.0. The minimum atomic E-state index is -0.198. The van der Waals surface area contributed by atoms with Gasteiger partial charge in [0.05, 0.1) is 5.70 Å². The van der Waals surface area contributed by atoms with E-state index in [-0.39, 0.29) is 12.1 Å². The van der Waals surface area contributed by atoms with Crippen LogP contribution in [0.2, 0.25) is 0 Å². The van der Waals surface area contributed by atoms with Gasteiger partial charge >= 0.3 is 0 Å². The number of carbonyl (C=O) groups excluding carboxylic acids is 1. The highest BCUT2D eigenvalue weighted by atomic mass is 16.2. The Bertz CT molecular complexity index is 858. The fraction of sp³-hybridized carbons (Fsp3) is 0.105. The first kappa shape index (κ1) is 15.1. The highest BCUT2D eigenvalue weighted by molar-refractivity contribution is 6.04. The molecular formula is C19H17N5O. The molecule has 0 bridgehead atoms. The number of pyridine rings is 2. The molecule has 0 saturated heterocycles. The van der Waals surface area contributed by atoms with Crippen LogP contribution < -0.4 is 10.6 Å². The normalized spacial score (nSPS) is 18.1. The number of anilines is 1. The molecule has 0 aliphatic carbocycles. The van der Waals surface area contributed by atoms with Crippen molar-refractivity contribution >= 4 is 11.7 Å². The van der Waals surface area contributed by atoms with Crippen LogP contribution in [0, 0.1) is 0 Å². The summed E-state index contributed by atoms with van der Waals surface area (Å²) in [5.41, 5.74) is 2.56. The zero-order valence-electron chi connectivity index (χ0n) is 13.5. The van der Waals surface area contributed by atoms with Crippen molar-refractivity contribution in [1.29, 1.82) is 0 Å². The number of hydrogen-bond donors (Lipinski definition) is 2. The Morgan fingerprint density at radius 2 is 2.04 bits per heavy atom. The molecule has 1 unspecified atom stereocenters. The lowest BCUT2D eigenvalue weighted by Gasteiger charge is -2.25. The first-order valence-electron chi connectivity index (χ1n) is 8.06. The number of rotatable bonds is 4. The molecule has 0 saturated carbocycles. The third kappa shape index (κ3) is 3.14. The third-order valence-corrected chi connectivity index (χ3v) is 4.10. The van der Waals surface area contributed by atoms with Gasteiger partial charge in [-0.05, 0) is 42.0 Å². The fourth-order valence-electron chi connectivity index (χ4n) is 2.94. The number of allylic oxidation sites excluding steroid dienone is 3. The van der Waals surface area contributed by atoms with E-state index in [1.165, 1.54) is 0 Å². The lowest BCUT2D eigenvalue weighted by Crippen LogP contribution is -2.37. The number of nitrogens with one attached hydrogen (secondary N) is 2. The van der Waals surface area contributed by atoms with E-state index in [1.54, 1.807) is 24.7 Å². The van der Waals surface area contributed by atoms with Gasteiger partial charge in [-0.3, -0.25) is 9.78 Å². The van der Waals surface area contributed by atoms with E-state index >= 15 is 0 Å². The zero-order chi connectivity index (χ0) is 17.1. The van der Waals surface area contributed by atoms with E-state index in [2.05, 4.69) is 25.5 Å². The van der Waals surface area contributed by atoms with Crippen LogP contribution in [0.1, 0.15) is 5.56 Å². The van der Waals surface area contributed by atoms with Crippen molar-refractivity contribution < 1.29 is 4.79 Å². The Labute approximate surface area is 145 Å². The SMILES string of the molecule is O=C(Nc1ccccn1)C1=C2C=CC=CN2C(Cc2ccncc2)N1. The average molecular weight is 331 g/mol. The summed E-state index contributed by atoms with van der Waals surface area (Å²) in [6.45, 7) is 0. The predicted molar refractivity (Wildman–Crippen MR) is 94.9 cm³/mol. The summed E-state index contributed by atoms with van der Waals surface area (Å²) in [5.74, 6) is 0.331. The molecular weight excluding hydrogens is 314 g/mol. The Hall–Kier alpha value is -3.41. The second-order valence-corrected chi connectivity index (χ2v) is 5.76. The number of amides is 1. The minimum absolute atomic E-state index is 0.0249. The van der Waals surface area contributed by atoms with Crippen molar-refractivity contribution in [2.45, 2.75) is 12.6 Å². The number of aromatic nitrogens is 2. The third-order valence-electron chi connectivity index (χ3n) is 4.10. The molecule has 2 aliphatic rings. The van der Waals surface area contributed by atoms with Crippen LogP contribution in [0.25, 0.3) is 0 Å². The number of hydrogen-bond acceptors (Lipinski definition) is 5. The molecule has 25 heavy (non-hydrogen) atoms. The number of nitrogens with zero attached hydrogens (tertiary/aromatic N) is 3.